The standard InChI is InChI=1S/C24BCl4F16.H2I/c26-5-1(9(30)17(38)21(42)13(5)34)25(2-6(27)14(35)22(43)18(39)10(2)31,3-7(28)15(36)23(44)19(40)11(3)32)4-8(29)16(37)24(45)20(41)12(4)33;/h;1H2/q-1;+1. The van der Waals surface area contributed by atoms with Gasteiger partial charge in [0.05, 0.1) is 0 Å². The minimum Gasteiger partial charge on any atom is -0.207 e. The lowest BCUT2D eigenvalue weighted by Crippen LogP contribution is -3.00. The van der Waals surface area contributed by atoms with Crippen LogP contribution in [0.4, 0.5) is 70.2 Å². The Hall–Kier alpha value is -2.29. The molecule has 0 aromatic heterocycles. The first kappa shape index (κ1) is 38.2. The molecule has 0 amide bonds. The van der Waals surface area contributed by atoms with Crippen molar-refractivity contribution in [1.29, 1.82) is 0 Å². The van der Waals surface area contributed by atoms with Crippen molar-refractivity contribution >= 4 is 74.4 Å². The minimum absolute atomic E-state index is 0. The minimum atomic E-state index is -6.24. The number of hydrogen-bond acceptors (Lipinski definition) is 0. The van der Waals surface area contributed by atoms with Gasteiger partial charge in [-0.05, 0) is 0 Å². The van der Waals surface area contributed by atoms with E-state index in [-0.39, 0.29) is 24.0 Å². The Morgan fingerprint density at radius 2 is 0.370 bits per heavy atom. The first-order valence-corrected chi connectivity index (χ1v) is 12.4. The van der Waals surface area contributed by atoms with Gasteiger partial charge in [-0.1, -0.05) is 46.4 Å². The average molecular weight is 874 g/mol. The summed E-state index contributed by atoms with van der Waals surface area (Å²) in [5.41, 5.74) is -10.7. The van der Waals surface area contributed by atoms with E-state index < -0.39 is 141 Å². The molecule has 248 valence electrons. The largest absolute Gasteiger partial charge is 0.235 e. The Labute approximate surface area is 280 Å². The molecule has 0 radical (unpaired) electrons. The molecule has 0 heterocycles. The Morgan fingerprint density at radius 3 is 0.522 bits per heavy atom. The summed E-state index contributed by atoms with van der Waals surface area (Å²) in [7, 11) is 0. The Kier molecular flexibility index (Phi) is 10.8. The number of benzene rings is 4. The molecule has 0 fully saturated rings. The molecule has 0 N–H and O–H groups in total. The molecule has 46 heavy (non-hydrogen) atoms. The zero-order valence-corrected chi connectivity index (χ0v) is 26.2. The van der Waals surface area contributed by atoms with Crippen molar-refractivity contribution < 1.29 is 94.2 Å². The number of hydrogen-bond donors (Lipinski definition) is 0. The van der Waals surface area contributed by atoms with Crippen molar-refractivity contribution in [2.45, 2.75) is 0 Å². The van der Waals surface area contributed by atoms with Crippen LogP contribution in [-0.4, -0.2) is 6.15 Å². The van der Waals surface area contributed by atoms with Gasteiger partial charge in [-0.15, -0.1) is 21.9 Å². The highest BCUT2D eigenvalue weighted by molar-refractivity contribution is 7.22. The predicted molar refractivity (Wildman–Crippen MR) is 132 cm³/mol. The smallest absolute Gasteiger partial charge is 0.207 e. The van der Waals surface area contributed by atoms with Crippen molar-refractivity contribution in [2.24, 2.45) is 0 Å². The third-order valence-electron chi connectivity index (χ3n) is 6.71. The van der Waals surface area contributed by atoms with Gasteiger partial charge in [0.25, 0.3) is 0 Å². The van der Waals surface area contributed by atoms with E-state index in [1.165, 1.54) is 0 Å². The first-order valence-electron chi connectivity index (χ1n) is 10.9. The summed E-state index contributed by atoms with van der Waals surface area (Å²) in [6.07, 6.45) is -6.24. The highest BCUT2D eigenvalue weighted by Gasteiger charge is 2.50. The Morgan fingerprint density at radius 1 is 0.239 bits per heavy atom. The lowest BCUT2D eigenvalue weighted by atomic mass is 9.12. The lowest BCUT2D eigenvalue weighted by molar-refractivity contribution is -0.0000164. The van der Waals surface area contributed by atoms with Gasteiger partial charge in [-0.25, -0.2) is 70.2 Å². The quantitative estimate of drug-likeness (QED) is 0.0942. The van der Waals surface area contributed by atoms with E-state index in [4.69, 9.17) is 46.4 Å². The topological polar surface area (TPSA) is 0 Å². The molecule has 4 aromatic carbocycles. The molecule has 0 unspecified atom stereocenters. The fraction of sp³-hybridized carbons (Fsp3) is 0. The van der Waals surface area contributed by atoms with Crippen molar-refractivity contribution in [2.75, 3.05) is 0 Å². The summed E-state index contributed by atoms with van der Waals surface area (Å²) in [5, 5.41) is -9.69. The van der Waals surface area contributed by atoms with Gasteiger partial charge >= 0.3 is 0 Å². The zero-order valence-electron chi connectivity index (χ0n) is 20.6. The van der Waals surface area contributed by atoms with Crippen molar-refractivity contribution in [1.82, 2.24) is 0 Å². The summed E-state index contributed by atoms with van der Waals surface area (Å²) >= 11 is 22.3. The zero-order chi connectivity index (χ0) is 34.4. The molecule has 4 rings (SSSR count). The summed E-state index contributed by atoms with van der Waals surface area (Å²) in [6.45, 7) is 0. The third-order valence-corrected chi connectivity index (χ3v) is 8.19. The van der Waals surface area contributed by atoms with Crippen LogP contribution >= 0.6 is 46.4 Å². The van der Waals surface area contributed by atoms with Gasteiger partial charge in [0.1, 0.15) is 29.4 Å². The second-order valence-corrected chi connectivity index (χ2v) is 10.3. The fourth-order valence-corrected chi connectivity index (χ4v) is 6.19. The average Bonchev–Trinajstić information content (AvgIpc) is 3.00. The van der Waals surface area contributed by atoms with Crippen LogP contribution in [0.15, 0.2) is 0 Å². The summed E-state index contributed by atoms with van der Waals surface area (Å²) in [4.78, 5) is 0. The molecular formula is C24H2BCl4F16I. The Bertz CT molecular complexity index is 1590. The van der Waals surface area contributed by atoms with Crippen LogP contribution in [-0.2, 0) is 0 Å². The van der Waals surface area contributed by atoms with Crippen LogP contribution in [0.1, 0.15) is 0 Å². The molecule has 22 heteroatoms. The lowest BCUT2D eigenvalue weighted by Gasteiger charge is -2.46. The maximum atomic E-state index is 15.8. The van der Waals surface area contributed by atoms with Gasteiger partial charge in [-0.3, -0.25) is 0 Å². The van der Waals surface area contributed by atoms with Gasteiger partial charge in [-0.2, -0.15) is 0 Å². The predicted octanol–water partition coefficient (Wildman–Crippen LogP) is 4.37. The molecule has 0 saturated heterocycles. The normalized spacial score (nSPS) is 11.7. The highest BCUT2D eigenvalue weighted by Crippen LogP contribution is 2.35. The molecule has 0 bridgehead atoms. The SMILES string of the molecule is Fc1c(F)c(F)c([B-](c2c(F)c(F)c(F)c(F)c2Cl)(c2c(F)c(F)c(F)c(F)c2Cl)c2c(F)c(F)c(F)c(F)c2Cl)c(Cl)c1F.[IH2+]. The summed E-state index contributed by atoms with van der Waals surface area (Å²) in [6, 6.07) is 0. The number of halogens is 21. The van der Waals surface area contributed by atoms with Crippen LogP contribution in [0.3, 0.4) is 0 Å². The second kappa shape index (κ2) is 13.0. The second-order valence-electron chi connectivity index (χ2n) is 8.80. The van der Waals surface area contributed by atoms with E-state index in [0.717, 1.165) is 0 Å². The van der Waals surface area contributed by atoms with Crippen LogP contribution < -0.4 is 45.8 Å². The maximum Gasteiger partial charge on any atom is 0.235 e. The summed E-state index contributed by atoms with van der Waals surface area (Å²) < 4.78 is 238. The van der Waals surface area contributed by atoms with E-state index >= 15 is 17.6 Å². The number of rotatable bonds is 4. The molecule has 0 nitrogen and oxygen atoms in total. The van der Waals surface area contributed by atoms with Gasteiger partial charge in [0.15, 0.2) is 69.8 Å². The van der Waals surface area contributed by atoms with Crippen molar-refractivity contribution in [3.05, 3.63) is 113 Å². The monoisotopic (exact) mass is 872 g/mol. The van der Waals surface area contributed by atoms with Crippen LogP contribution in [0, 0.1) is 93.1 Å². The molecular weight excluding hydrogens is 872 g/mol. The van der Waals surface area contributed by atoms with Crippen LogP contribution in [0.2, 0.25) is 20.1 Å². The van der Waals surface area contributed by atoms with Crippen LogP contribution in [0.5, 0.6) is 0 Å². The van der Waals surface area contributed by atoms with Gasteiger partial charge < -0.3 is 0 Å². The molecule has 0 spiro atoms. The van der Waals surface area contributed by atoms with Crippen molar-refractivity contribution in [3.8, 4) is 0 Å². The third kappa shape index (κ3) is 4.99. The van der Waals surface area contributed by atoms with E-state index in [9.17, 15) is 52.7 Å². The molecule has 0 aliphatic rings. The fourth-order valence-electron chi connectivity index (χ4n) is 4.87. The van der Waals surface area contributed by atoms with E-state index in [2.05, 4.69) is 0 Å². The molecule has 0 atom stereocenters. The molecule has 0 aliphatic heterocycles. The Balaban J connectivity index is 0.00000576. The highest BCUT2D eigenvalue weighted by atomic mass is 127. The van der Waals surface area contributed by atoms with E-state index in [1.807, 2.05) is 0 Å². The van der Waals surface area contributed by atoms with Crippen LogP contribution in [0.25, 0.3) is 0 Å². The van der Waals surface area contributed by atoms with E-state index in [0.29, 0.717) is 0 Å². The van der Waals surface area contributed by atoms with Gasteiger partial charge in [0.2, 0.25) is 24.0 Å². The maximum absolute atomic E-state index is 15.8. The van der Waals surface area contributed by atoms with Gasteiger partial charge in [0, 0.05) is 20.1 Å². The van der Waals surface area contributed by atoms with E-state index in [1.54, 1.807) is 0 Å². The molecule has 0 aliphatic carbocycles. The summed E-state index contributed by atoms with van der Waals surface area (Å²) in [5.74, 6) is -48.3. The molecule has 0 saturated carbocycles. The van der Waals surface area contributed by atoms with Crippen molar-refractivity contribution in [3.63, 3.8) is 0 Å². The first-order chi connectivity index (χ1) is 20.7. The molecule has 4 aromatic rings.